The molecule has 6 nitrogen and oxygen atoms in total. The van der Waals surface area contributed by atoms with E-state index in [0.29, 0.717) is 24.3 Å². The number of benzene rings is 1. The van der Waals surface area contributed by atoms with E-state index in [9.17, 15) is 9.59 Å². The summed E-state index contributed by atoms with van der Waals surface area (Å²) in [5.41, 5.74) is 7.34. The zero-order valence-electron chi connectivity index (χ0n) is 15.2. The predicted octanol–water partition coefficient (Wildman–Crippen LogP) is 2.85. The van der Waals surface area contributed by atoms with Crippen molar-refractivity contribution in [2.45, 2.75) is 52.7 Å². The van der Waals surface area contributed by atoms with Gasteiger partial charge in [0.2, 0.25) is 5.91 Å². The van der Waals surface area contributed by atoms with Gasteiger partial charge >= 0.3 is 0 Å². The van der Waals surface area contributed by atoms with Crippen LogP contribution in [0.2, 0.25) is 0 Å². The Kier molecular flexibility index (Phi) is 7.41. The van der Waals surface area contributed by atoms with E-state index < -0.39 is 11.5 Å². The Morgan fingerprint density at radius 3 is 2.48 bits per heavy atom. The first kappa shape index (κ1) is 21.4. The lowest BCUT2D eigenvalue weighted by atomic mass is 9.95. The smallest absolute Gasteiger partial charge is 0.253 e. The molecule has 1 heterocycles. The minimum atomic E-state index is -0.483. The molecule has 140 valence electrons. The van der Waals surface area contributed by atoms with Gasteiger partial charge in [-0.05, 0) is 37.5 Å². The molecular weight excluding hydrogens is 342 g/mol. The van der Waals surface area contributed by atoms with E-state index in [2.05, 4.69) is 10.6 Å². The van der Waals surface area contributed by atoms with Crippen LogP contribution in [0.25, 0.3) is 0 Å². The average molecular weight is 370 g/mol. The number of hydrogen-bond donors (Lipinski definition) is 3. The largest absolute Gasteiger partial charge is 0.364 e. The van der Waals surface area contributed by atoms with Crippen molar-refractivity contribution in [3.63, 3.8) is 0 Å². The van der Waals surface area contributed by atoms with Crippen LogP contribution in [0.3, 0.4) is 0 Å². The van der Waals surface area contributed by atoms with Crippen LogP contribution in [-0.4, -0.2) is 30.6 Å². The number of nitrogens with two attached hydrogens (primary N) is 1. The monoisotopic (exact) mass is 369 g/mol. The molecule has 0 aliphatic carbocycles. The summed E-state index contributed by atoms with van der Waals surface area (Å²) in [4.78, 5) is 24.5. The number of anilines is 2. The molecule has 2 amide bonds. The normalized spacial score (nSPS) is 19.9. The zero-order valence-corrected chi connectivity index (χ0v) is 16.0. The minimum Gasteiger partial charge on any atom is -0.364 e. The molecule has 1 aromatic carbocycles. The average Bonchev–Trinajstić information content (AvgIpc) is 2.98. The second-order valence-electron chi connectivity index (χ2n) is 7.28. The molecule has 1 aromatic rings. The summed E-state index contributed by atoms with van der Waals surface area (Å²) in [5, 5.41) is 5.76. The topological polar surface area (TPSA) is 93.5 Å². The number of hydrogen-bond acceptors (Lipinski definition) is 4. The number of amides is 2. The zero-order chi connectivity index (χ0) is 17.9. The number of carbonyl (C=O) groups is 2. The lowest BCUT2D eigenvalue weighted by Crippen LogP contribution is -2.30. The van der Waals surface area contributed by atoms with Crippen LogP contribution in [0.1, 0.15) is 39.2 Å². The van der Waals surface area contributed by atoms with Crippen LogP contribution < -0.4 is 16.4 Å². The van der Waals surface area contributed by atoms with Crippen molar-refractivity contribution in [3.8, 4) is 0 Å². The third-order valence-electron chi connectivity index (χ3n) is 4.10. The first-order chi connectivity index (χ1) is 11.2. The van der Waals surface area contributed by atoms with E-state index in [1.54, 1.807) is 6.07 Å². The maximum atomic E-state index is 12.4. The van der Waals surface area contributed by atoms with Gasteiger partial charge in [-0.25, -0.2) is 0 Å². The van der Waals surface area contributed by atoms with Crippen molar-refractivity contribution in [3.05, 3.63) is 23.8 Å². The van der Waals surface area contributed by atoms with Crippen molar-refractivity contribution in [2.24, 2.45) is 11.1 Å². The van der Waals surface area contributed by atoms with E-state index in [-0.39, 0.29) is 30.3 Å². The molecule has 2 rings (SSSR count). The summed E-state index contributed by atoms with van der Waals surface area (Å²) in [5.74, 6) is -0.248. The Morgan fingerprint density at radius 2 is 1.92 bits per heavy atom. The number of nitrogens with one attached hydrogen (secondary N) is 2. The molecule has 1 aliphatic rings. The summed E-state index contributed by atoms with van der Waals surface area (Å²) >= 11 is 0. The molecule has 0 unspecified atom stereocenters. The highest BCUT2D eigenvalue weighted by Crippen LogP contribution is 2.25. The lowest BCUT2D eigenvalue weighted by molar-refractivity contribution is -0.126. The van der Waals surface area contributed by atoms with E-state index >= 15 is 0 Å². The van der Waals surface area contributed by atoms with Gasteiger partial charge in [0.15, 0.2) is 0 Å². The Hall–Kier alpha value is -1.63. The molecule has 0 spiro atoms. The maximum Gasteiger partial charge on any atom is 0.253 e. The van der Waals surface area contributed by atoms with Gasteiger partial charge in [0, 0.05) is 23.3 Å². The highest BCUT2D eigenvalue weighted by molar-refractivity contribution is 5.98. The van der Waals surface area contributed by atoms with E-state index in [1.165, 1.54) is 0 Å². The summed E-state index contributed by atoms with van der Waals surface area (Å²) in [6.07, 6.45) is 0.965. The van der Waals surface area contributed by atoms with Gasteiger partial charge in [-0.15, -0.1) is 12.4 Å². The Morgan fingerprint density at radius 1 is 1.24 bits per heavy atom. The van der Waals surface area contributed by atoms with E-state index in [4.69, 9.17) is 10.5 Å². The molecule has 4 N–H and O–H groups in total. The molecule has 0 bridgehead atoms. The highest BCUT2D eigenvalue weighted by Gasteiger charge is 2.30. The van der Waals surface area contributed by atoms with Crippen LogP contribution in [0.4, 0.5) is 11.4 Å². The van der Waals surface area contributed by atoms with Gasteiger partial charge in [-0.1, -0.05) is 26.8 Å². The molecule has 25 heavy (non-hydrogen) atoms. The summed E-state index contributed by atoms with van der Waals surface area (Å²) in [6, 6.07) is 5.46. The molecule has 1 fully saturated rings. The molecule has 1 saturated heterocycles. The van der Waals surface area contributed by atoms with Crippen molar-refractivity contribution in [1.29, 1.82) is 0 Å². The first-order valence-electron chi connectivity index (χ1n) is 8.29. The van der Waals surface area contributed by atoms with Gasteiger partial charge in [-0.3, -0.25) is 9.59 Å². The predicted molar refractivity (Wildman–Crippen MR) is 102 cm³/mol. The van der Waals surface area contributed by atoms with E-state index in [1.807, 2.05) is 39.8 Å². The molecular formula is C18H28ClN3O3. The van der Waals surface area contributed by atoms with Crippen LogP contribution >= 0.6 is 12.4 Å². The van der Waals surface area contributed by atoms with Gasteiger partial charge in [0.1, 0.15) is 6.10 Å². The molecule has 0 radical (unpaired) electrons. The molecule has 0 saturated carbocycles. The van der Waals surface area contributed by atoms with Crippen molar-refractivity contribution < 1.29 is 14.3 Å². The first-order valence-corrected chi connectivity index (χ1v) is 8.29. The number of halogens is 1. The van der Waals surface area contributed by atoms with Crippen molar-refractivity contribution in [1.82, 2.24) is 0 Å². The highest BCUT2D eigenvalue weighted by atomic mass is 35.5. The SMILES string of the molecule is Cc1ccc(NC(=O)C(C)(C)C)cc1NC(=O)[C@@H]1CC[C@H](CN)O1.Cl. The Bertz CT molecular complexity index is 628. The third kappa shape index (κ3) is 5.70. The summed E-state index contributed by atoms with van der Waals surface area (Å²) < 4.78 is 5.62. The molecule has 7 heteroatoms. The standard InChI is InChI=1S/C18H27N3O3.ClH/c1-11-5-6-12(20-17(23)18(2,3)4)9-14(11)21-16(22)15-8-7-13(10-19)24-15;/h5-6,9,13,15H,7-8,10,19H2,1-4H3,(H,20,23)(H,21,22);1H/t13-,15+;/m1./s1. The Labute approximate surface area is 155 Å². The van der Waals surface area contributed by atoms with Gasteiger partial charge in [0.05, 0.1) is 6.10 Å². The third-order valence-corrected chi connectivity index (χ3v) is 4.10. The number of aryl methyl sites for hydroxylation is 1. The summed E-state index contributed by atoms with van der Waals surface area (Å²) in [7, 11) is 0. The van der Waals surface area contributed by atoms with Crippen molar-refractivity contribution >= 4 is 35.6 Å². The van der Waals surface area contributed by atoms with Gasteiger partial charge in [0.25, 0.3) is 5.91 Å². The van der Waals surface area contributed by atoms with E-state index in [0.717, 1.165) is 12.0 Å². The van der Waals surface area contributed by atoms with Crippen LogP contribution in [0.5, 0.6) is 0 Å². The lowest BCUT2D eigenvalue weighted by Gasteiger charge is -2.19. The van der Waals surface area contributed by atoms with Crippen LogP contribution in [0.15, 0.2) is 18.2 Å². The van der Waals surface area contributed by atoms with Crippen LogP contribution in [0, 0.1) is 12.3 Å². The fourth-order valence-electron chi connectivity index (χ4n) is 2.44. The molecule has 2 atom stereocenters. The molecule has 0 aromatic heterocycles. The van der Waals surface area contributed by atoms with Gasteiger partial charge in [-0.2, -0.15) is 0 Å². The molecule has 1 aliphatic heterocycles. The number of ether oxygens (including phenoxy) is 1. The summed E-state index contributed by atoms with van der Waals surface area (Å²) in [6.45, 7) is 7.89. The number of carbonyl (C=O) groups excluding carboxylic acids is 2. The fraction of sp³-hybridized carbons (Fsp3) is 0.556. The quantitative estimate of drug-likeness (QED) is 0.760. The Balaban J connectivity index is 0.00000312. The van der Waals surface area contributed by atoms with Crippen LogP contribution in [-0.2, 0) is 14.3 Å². The van der Waals surface area contributed by atoms with Crippen molar-refractivity contribution in [2.75, 3.05) is 17.2 Å². The fourth-order valence-corrected chi connectivity index (χ4v) is 2.44. The second-order valence-corrected chi connectivity index (χ2v) is 7.28. The second kappa shape index (κ2) is 8.65. The number of rotatable bonds is 4. The maximum absolute atomic E-state index is 12.4. The minimum absolute atomic E-state index is 0. The van der Waals surface area contributed by atoms with Gasteiger partial charge < -0.3 is 21.1 Å².